The van der Waals surface area contributed by atoms with Crippen molar-refractivity contribution < 1.29 is 13.2 Å². The highest BCUT2D eigenvalue weighted by atomic mass is 79.9. The molecule has 0 aliphatic heterocycles. The second kappa shape index (κ2) is 5.73. The Labute approximate surface area is 105 Å². The summed E-state index contributed by atoms with van der Waals surface area (Å²) in [7, 11) is 0. The van der Waals surface area contributed by atoms with Crippen molar-refractivity contribution in [2.24, 2.45) is 0 Å². The molecule has 0 amide bonds. The summed E-state index contributed by atoms with van der Waals surface area (Å²) >= 11 is 9.00. The molecule has 0 heterocycles. The average Bonchev–Trinajstić information content (AvgIpc) is 2.19. The number of allylic oxidation sites excluding steroid dienone is 1. The van der Waals surface area contributed by atoms with Gasteiger partial charge in [0.2, 0.25) is 0 Å². The van der Waals surface area contributed by atoms with Crippen LogP contribution in [0, 0.1) is 0 Å². The van der Waals surface area contributed by atoms with Crippen LogP contribution in [0.5, 0.6) is 0 Å². The number of benzene rings is 1. The minimum atomic E-state index is -4.35. The quantitative estimate of drug-likeness (QED) is 0.676. The Balaban J connectivity index is 2.92. The molecular weight excluding hydrogens is 304 g/mol. The van der Waals surface area contributed by atoms with Gasteiger partial charge < -0.3 is 0 Å². The first kappa shape index (κ1) is 13.6. The number of hydrogen-bond acceptors (Lipinski definition) is 0. The first-order chi connectivity index (χ1) is 7.45. The van der Waals surface area contributed by atoms with Crippen molar-refractivity contribution in [1.29, 1.82) is 0 Å². The average molecular weight is 314 g/mol. The Kier molecular flexibility index (Phi) is 4.87. The third-order valence-corrected chi connectivity index (χ3v) is 2.69. The molecule has 1 aromatic carbocycles. The van der Waals surface area contributed by atoms with E-state index < -0.39 is 11.7 Å². The Bertz CT molecular complexity index is 385. The minimum Gasteiger partial charge on any atom is -0.166 e. The molecule has 0 aromatic heterocycles. The zero-order valence-electron chi connectivity index (χ0n) is 8.19. The van der Waals surface area contributed by atoms with Gasteiger partial charge in [-0.1, -0.05) is 45.7 Å². The van der Waals surface area contributed by atoms with Crippen molar-refractivity contribution >= 4 is 33.6 Å². The standard InChI is InChI=1S/C11H9BrClF3/c12-6-2-1-3-8-4-5-9(7-10(8)13)11(14,15)16/h1,3-5,7H,2,6H2. The highest BCUT2D eigenvalue weighted by molar-refractivity contribution is 9.09. The molecule has 0 saturated carbocycles. The van der Waals surface area contributed by atoms with Crippen molar-refractivity contribution in [3.8, 4) is 0 Å². The third kappa shape index (κ3) is 3.83. The topological polar surface area (TPSA) is 0 Å². The fraction of sp³-hybridized carbons (Fsp3) is 0.273. The molecule has 0 bridgehead atoms. The Morgan fingerprint density at radius 1 is 1.31 bits per heavy atom. The van der Waals surface area contributed by atoms with E-state index in [1.165, 1.54) is 6.07 Å². The Morgan fingerprint density at radius 3 is 2.50 bits per heavy atom. The van der Waals surface area contributed by atoms with Crippen molar-refractivity contribution in [2.45, 2.75) is 12.6 Å². The normalized spacial score (nSPS) is 12.3. The molecule has 0 unspecified atom stereocenters. The largest absolute Gasteiger partial charge is 0.416 e. The molecule has 5 heteroatoms. The van der Waals surface area contributed by atoms with E-state index in [2.05, 4.69) is 15.9 Å². The monoisotopic (exact) mass is 312 g/mol. The van der Waals surface area contributed by atoms with Crippen LogP contribution in [-0.4, -0.2) is 5.33 Å². The van der Waals surface area contributed by atoms with Gasteiger partial charge in [0.15, 0.2) is 0 Å². The SMILES string of the molecule is FC(F)(F)c1ccc(C=CCCBr)c(Cl)c1. The lowest BCUT2D eigenvalue weighted by Gasteiger charge is -2.07. The summed E-state index contributed by atoms with van der Waals surface area (Å²) in [6, 6.07) is 3.34. The molecule has 0 fully saturated rings. The summed E-state index contributed by atoms with van der Waals surface area (Å²) in [4.78, 5) is 0. The molecular formula is C11H9BrClF3. The summed E-state index contributed by atoms with van der Waals surface area (Å²) in [6.45, 7) is 0. The maximum absolute atomic E-state index is 12.3. The second-order valence-electron chi connectivity index (χ2n) is 3.11. The van der Waals surface area contributed by atoms with E-state index in [-0.39, 0.29) is 5.02 Å². The van der Waals surface area contributed by atoms with Gasteiger partial charge in [-0.2, -0.15) is 13.2 Å². The smallest absolute Gasteiger partial charge is 0.166 e. The predicted octanol–water partition coefficient (Wildman–Crippen LogP) is 5.16. The van der Waals surface area contributed by atoms with Gasteiger partial charge in [-0.15, -0.1) is 0 Å². The number of halogens is 5. The summed E-state index contributed by atoms with van der Waals surface area (Å²) in [5.41, 5.74) is -0.134. The molecule has 0 saturated heterocycles. The van der Waals surface area contributed by atoms with Crippen LogP contribution in [-0.2, 0) is 6.18 Å². The molecule has 0 N–H and O–H groups in total. The molecule has 1 rings (SSSR count). The number of hydrogen-bond donors (Lipinski definition) is 0. The van der Waals surface area contributed by atoms with Crippen molar-refractivity contribution in [2.75, 3.05) is 5.33 Å². The zero-order valence-corrected chi connectivity index (χ0v) is 10.5. The van der Waals surface area contributed by atoms with Gasteiger partial charge in [0.1, 0.15) is 0 Å². The van der Waals surface area contributed by atoms with E-state index in [1.54, 1.807) is 6.08 Å². The first-order valence-electron chi connectivity index (χ1n) is 4.54. The maximum atomic E-state index is 12.3. The van der Waals surface area contributed by atoms with Crippen LogP contribution in [0.25, 0.3) is 6.08 Å². The van der Waals surface area contributed by atoms with Gasteiger partial charge in [0.25, 0.3) is 0 Å². The summed E-state index contributed by atoms with van der Waals surface area (Å²) in [5, 5.41) is 0.919. The lowest BCUT2D eigenvalue weighted by molar-refractivity contribution is -0.137. The molecule has 1 aromatic rings. The van der Waals surface area contributed by atoms with Gasteiger partial charge in [0.05, 0.1) is 5.56 Å². The fourth-order valence-corrected chi connectivity index (χ4v) is 1.62. The van der Waals surface area contributed by atoms with E-state index in [0.29, 0.717) is 5.56 Å². The zero-order chi connectivity index (χ0) is 12.2. The molecule has 0 aliphatic carbocycles. The Morgan fingerprint density at radius 2 is 2.00 bits per heavy atom. The van der Waals surface area contributed by atoms with Gasteiger partial charge in [-0.3, -0.25) is 0 Å². The van der Waals surface area contributed by atoms with Crippen LogP contribution < -0.4 is 0 Å². The first-order valence-corrected chi connectivity index (χ1v) is 6.04. The van der Waals surface area contributed by atoms with Crippen LogP contribution in [0.1, 0.15) is 17.5 Å². The van der Waals surface area contributed by atoms with Gasteiger partial charge in [0, 0.05) is 10.4 Å². The summed E-state index contributed by atoms with van der Waals surface area (Å²) in [6.07, 6.45) is 0.0199. The molecule has 88 valence electrons. The highest BCUT2D eigenvalue weighted by Crippen LogP contribution is 2.32. The van der Waals surface area contributed by atoms with Gasteiger partial charge >= 0.3 is 6.18 Å². The molecule has 0 atom stereocenters. The minimum absolute atomic E-state index is 0.112. The third-order valence-electron chi connectivity index (χ3n) is 1.90. The lowest BCUT2D eigenvalue weighted by atomic mass is 10.1. The second-order valence-corrected chi connectivity index (χ2v) is 4.31. The fourth-order valence-electron chi connectivity index (χ4n) is 1.11. The van der Waals surface area contributed by atoms with Crippen molar-refractivity contribution in [3.63, 3.8) is 0 Å². The van der Waals surface area contributed by atoms with Crippen molar-refractivity contribution in [1.82, 2.24) is 0 Å². The number of rotatable bonds is 3. The van der Waals surface area contributed by atoms with Crippen LogP contribution in [0.4, 0.5) is 13.2 Å². The molecule has 0 nitrogen and oxygen atoms in total. The van der Waals surface area contributed by atoms with E-state index in [4.69, 9.17) is 11.6 Å². The Hall–Kier alpha value is -0.480. The maximum Gasteiger partial charge on any atom is 0.416 e. The molecule has 0 aliphatic rings. The molecule has 16 heavy (non-hydrogen) atoms. The number of alkyl halides is 4. The van der Waals surface area contributed by atoms with Crippen LogP contribution in [0.15, 0.2) is 24.3 Å². The van der Waals surface area contributed by atoms with E-state index >= 15 is 0 Å². The van der Waals surface area contributed by atoms with E-state index in [1.807, 2.05) is 6.08 Å². The van der Waals surface area contributed by atoms with Crippen LogP contribution in [0.3, 0.4) is 0 Å². The molecule has 0 spiro atoms. The lowest BCUT2D eigenvalue weighted by Crippen LogP contribution is -2.04. The molecule has 0 radical (unpaired) electrons. The summed E-state index contributed by atoms with van der Waals surface area (Å²) in [5.74, 6) is 0. The van der Waals surface area contributed by atoms with Crippen molar-refractivity contribution in [3.05, 3.63) is 40.4 Å². The van der Waals surface area contributed by atoms with Gasteiger partial charge in [-0.05, 0) is 24.1 Å². The van der Waals surface area contributed by atoms with Crippen LogP contribution >= 0.6 is 27.5 Å². The highest BCUT2D eigenvalue weighted by Gasteiger charge is 2.30. The predicted molar refractivity (Wildman–Crippen MR) is 63.9 cm³/mol. The van der Waals surface area contributed by atoms with Gasteiger partial charge in [-0.25, -0.2) is 0 Å². The van der Waals surface area contributed by atoms with E-state index in [9.17, 15) is 13.2 Å². The van der Waals surface area contributed by atoms with E-state index in [0.717, 1.165) is 23.9 Å². The summed E-state index contributed by atoms with van der Waals surface area (Å²) < 4.78 is 37.0. The van der Waals surface area contributed by atoms with Crippen LogP contribution in [0.2, 0.25) is 5.02 Å².